The number of hydrogen-bond acceptors (Lipinski definition) is 3. The topological polar surface area (TPSA) is 66.6 Å². The molecule has 0 spiro atoms. The van der Waals surface area contributed by atoms with Gasteiger partial charge in [-0.2, -0.15) is 0 Å². The van der Waals surface area contributed by atoms with Crippen LogP contribution in [0.25, 0.3) is 0 Å². The first-order valence-corrected chi connectivity index (χ1v) is 6.82. The van der Waals surface area contributed by atoms with Crippen molar-refractivity contribution in [1.82, 2.24) is 4.90 Å². The Morgan fingerprint density at radius 1 is 1.37 bits per heavy atom. The molecule has 1 aromatic carbocycles. The van der Waals surface area contributed by atoms with Gasteiger partial charge in [-0.25, -0.2) is 0 Å². The van der Waals surface area contributed by atoms with E-state index in [0.717, 1.165) is 31.2 Å². The van der Waals surface area contributed by atoms with E-state index in [1.807, 2.05) is 19.1 Å². The number of nitrogen functional groups attached to an aromatic ring is 1. The molecule has 4 nitrogen and oxygen atoms in total. The second kappa shape index (κ2) is 5.61. The van der Waals surface area contributed by atoms with Crippen LogP contribution in [-0.2, 0) is 0 Å². The number of aryl methyl sites for hydroxylation is 1. The van der Waals surface area contributed by atoms with Crippen LogP contribution in [0, 0.1) is 6.92 Å². The van der Waals surface area contributed by atoms with E-state index in [1.54, 1.807) is 18.0 Å². The van der Waals surface area contributed by atoms with Crippen LogP contribution < -0.4 is 5.73 Å². The molecule has 0 aromatic heterocycles. The Labute approximate surface area is 114 Å². The van der Waals surface area contributed by atoms with Gasteiger partial charge >= 0.3 is 0 Å². The summed E-state index contributed by atoms with van der Waals surface area (Å²) >= 11 is 0. The number of anilines is 1. The van der Waals surface area contributed by atoms with Crippen molar-refractivity contribution in [3.05, 3.63) is 29.3 Å². The van der Waals surface area contributed by atoms with E-state index in [0.29, 0.717) is 11.3 Å². The van der Waals surface area contributed by atoms with Crippen molar-refractivity contribution in [3.63, 3.8) is 0 Å². The Morgan fingerprint density at radius 2 is 2.05 bits per heavy atom. The third-order valence-electron chi connectivity index (χ3n) is 4.03. The number of carbonyl (C=O) groups is 1. The van der Waals surface area contributed by atoms with Crippen molar-refractivity contribution >= 4 is 11.6 Å². The predicted molar refractivity (Wildman–Crippen MR) is 75.9 cm³/mol. The van der Waals surface area contributed by atoms with Gasteiger partial charge in [-0.1, -0.05) is 25.0 Å². The van der Waals surface area contributed by atoms with Gasteiger partial charge < -0.3 is 15.7 Å². The fourth-order valence-corrected chi connectivity index (χ4v) is 2.85. The lowest BCUT2D eigenvalue weighted by Gasteiger charge is -2.35. The number of aliphatic hydroxyl groups excluding tert-OH is 1. The van der Waals surface area contributed by atoms with Crippen LogP contribution in [0.15, 0.2) is 18.2 Å². The largest absolute Gasteiger partial charge is 0.398 e. The van der Waals surface area contributed by atoms with E-state index in [4.69, 9.17) is 5.73 Å². The molecule has 0 heterocycles. The summed E-state index contributed by atoms with van der Waals surface area (Å²) in [5.41, 5.74) is 7.85. The fourth-order valence-electron chi connectivity index (χ4n) is 2.85. The number of aliphatic hydroxyl groups is 1. The molecule has 104 valence electrons. The lowest BCUT2D eigenvalue weighted by Crippen LogP contribution is -2.46. The van der Waals surface area contributed by atoms with E-state index in [9.17, 15) is 9.90 Å². The molecular formula is C15H22N2O2. The van der Waals surface area contributed by atoms with E-state index < -0.39 is 6.10 Å². The summed E-state index contributed by atoms with van der Waals surface area (Å²) < 4.78 is 0. The summed E-state index contributed by atoms with van der Waals surface area (Å²) in [5.74, 6) is -0.0958. The molecule has 1 amide bonds. The Morgan fingerprint density at radius 3 is 2.68 bits per heavy atom. The Hall–Kier alpha value is -1.55. The number of nitrogens with two attached hydrogens (primary N) is 1. The molecule has 1 fully saturated rings. The Bertz CT molecular complexity index is 453. The summed E-state index contributed by atoms with van der Waals surface area (Å²) in [6, 6.07) is 5.37. The monoisotopic (exact) mass is 262 g/mol. The highest BCUT2D eigenvalue weighted by molar-refractivity contribution is 6.00. The molecule has 2 atom stereocenters. The molecule has 0 bridgehead atoms. The molecule has 19 heavy (non-hydrogen) atoms. The minimum atomic E-state index is -0.423. The molecule has 0 radical (unpaired) electrons. The van der Waals surface area contributed by atoms with Crippen LogP contribution in [0.4, 0.5) is 5.69 Å². The number of likely N-dealkylation sites (N-methyl/N-ethyl adjacent to an activating group) is 1. The standard InChI is InChI=1S/C15H22N2O2/c1-10-6-5-7-11(16)14(10)15(19)17(2)12-8-3-4-9-13(12)18/h5-7,12-13,18H,3-4,8-9,16H2,1-2H3. The van der Waals surface area contributed by atoms with Gasteiger partial charge in [-0.3, -0.25) is 4.79 Å². The van der Waals surface area contributed by atoms with Crippen LogP contribution in [0.2, 0.25) is 0 Å². The molecule has 4 heteroatoms. The molecule has 1 aliphatic rings. The van der Waals surface area contributed by atoms with Gasteiger partial charge in [0.1, 0.15) is 0 Å². The quantitative estimate of drug-likeness (QED) is 0.801. The van der Waals surface area contributed by atoms with Crippen molar-refractivity contribution in [1.29, 1.82) is 0 Å². The second-order valence-corrected chi connectivity index (χ2v) is 5.37. The molecular weight excluding hydrogens is 240 g/mol. The number of hydrogen-bond donors (Lipinski definition) is 2. The molecule has 3 N–H and O–H groups in total. The van der Waals surface area contributed by atoms with Crippen molar-refractivity contribution < 1.29 is 9.90 Å². The number of nitrogens with zero attached hydrogens (tertiary/aromatic N) is 1. The maximum Gasteiger partial charge on any atom is 0.256 e. The lowest BCUT2D eigenvalue weighted by molar-refractivity contribution is 0.0268. The normalized spacial score (nSPS) is 23.1. The van der Waals surface area contributed by atoms with Gasteiger partial charge in [0.15, 0.2) is 0 Å². The predicted octanol–water partition coefficient (Wildman–Crippen LogP) is 1.95. The summed E-state index contributed by atoms with van der Waals surface area (Å²) in [6.07, 6.45) is 3.29. The average Bonchev–Trinajstić information content (AvgIpc) is 2.38. The van der Waals surface area contributed by atoms with E-state index in [-0.39, 0.29) is 11.9 Å². The van der Waals surface area contributed by atoms with Crippen LogP contribution >= 0.6 is 0 Å². The van der Waals surface area contributed by atoms with E-state index in [1.165, 1.54) is 0 Å². The molecule has 1 aromatic rings. The zero-order chi connectivity index (χ0) is 14.0. The van der Waals surface area contributed by atoms with Crippen molar-refractivity contribution in [3.8, 4) is 0 Å². The highest BCUT2D eigenvalue weighted by atomic mass is 16.3. The molecule has 1 aliphatic carbocycles. The van der Waals surface area contributed by atoms with Gasteiger partial charge in [0.25, 0.3) is 5.91 Å². The molecule has 2 unspecified atom stereocenters. The van der Waals surface area contributed by atoms with Gasteiger partial charge in [0.2, 0.25) is 0 Å². The maximum absolute atomic E-state index is 12.6. The molecule has 0 aliphatic heterocycles. The number of amides is 1. The van der Waals surface area contributed by atoms with Gasteiger partial charge in [0, 0.05) is 12.7 Å². The van der Waals surface area contributed by atoms with E-state index >= 15 is 0 Å². The first-order valence-electron chi connectivity index (χ1n) is 6.82. The van der Waals surface area contributed by atoms with Crippen molar-refractivity contribution in [2.75, 3.05) is 12.8 Å². The third kappa shape index (κ3) is 2.73. The van der Waals surface area contributed by atoms with Gasteiger partial charge in [-0.05, 0) is 31.4 Å². The highest BCUT2D eigenvalue weighted by Crippen LogP contribution is 2.25. The van der Waals surface area contributed by atoms with E-state index in [2.05, 4.69) is 0 Å². The average molecular weight is 262 g/mol. The van der Waals surface area contributed by atoms with Gasteiger partial charge in [0.05, 0.1) is 17.7 Å². The number of benzene rings is 1. The van der Waals surface area contributed by atoms with Crippen LogP contribution in [0.3, 0.4) is 0 Å². The molecule has 1 saturated carbocycles. The summed E-state index contributed by atoms with van der Waals surface area (Å²) in [5, 5.41) is 10.0. The zero-order valence-corrected chi connectivity index (χ0v) is 11.6. The highest BCUT2D eigenvalue weighted by Gasteiger charge is 2.30. The first-order chi connectivity index (χ1) is 9.02. The van der Waals surface area contributed by atoms with Crippen molar-refractivity contribution in [2.24, 2.45) is 0 Å². The van der Waals surface area contributed by atoms with Crippen molar-refractivity contribution in [2.45, 2.75) is 44.8 Å². The zero-order valence-electron chi connectivity index (χ0n) is 11.6. The summed E-state index contributed by atoms with van der Waals surface area (Å²) in [4.78, 5) is 14.2. The summed E-state index contributed by atoms with van der Waals surface area (Å²) in [6.45, 7) is 1.88. The van der Waals surface area contributed by atoms with Gasteiger partial charge in [-0.15, -0.1) is 0 Å². The minimum absolute atomic E-state index is 0.0958. The molecule has 2 rings (SSSR count). The molecule has 0 saturated heterocycles. The summed E-state index contributed by atoms with van der Waals surface area (Å²) in [7, 11) is 1.76. The Balaban J connectivity index is 2.23. The second-order valence-electron chi connectivity index (χ2n) is 5.37. The third-order valence-corrected chi connectivity index (χ3v) is 4.03. The number of rotatable bonds is 2. The first kappa shape index (κ1) is 13.9. The SMILES string of the molecule is Cc1cccc(N)c1C(=O)N(C)C1CCCCC1O. The van der Waals surface area contributed by atoms with Crippen LogP contribution in [-0.4, -0.2) is 35.1 Å². The van der Waals surface area contributed by atoms with Crippen LogP contribution in [0.1, 0.15) is 41.6 Å². The minimum Gasteiger partial charge on any atom is -0.398 e. The Kier molecular flexibility index (Phi) is 4.10. The number of carbonyl (C=O) groups excluding carboxylic acids is 1. The smallest absolute Gasteiger partial charge is 0.256 e. The fraction of sp³-hybridized carbons (Fsp3) is 0.533. The van der Waals surface area contributed by atoms with Crippen LogP contribution in [0.5, 0.6) is 0 Å². The maximum atomic E-state index is 12.6. The lowest BCUT2D eigenvalue weighted by atomic mass is 9.91.